The average molecular weight is 934 g/mol. The topological polar surface area (TPSA) is 199 Å². The van der Waals surface area contributed by atoms with Crippen molar-refractivity contribution in [1.29, 1.82) is 0 Å². The number of pyridine rings is 1. The number of morpholine rings is 1. The van der Waals surface area contributed by atoms with Crippen LogP contribution in [0.3, 0.4) is 0 Å². The van der Waals surface area contributed by atoms with Gasteiger partial charge in [0.2, 0.25) is 23.6 Å². The summed E-state index contributed by atoms with van der Waals surface area (Å²) in [4.78, 5) is 75.4. The number of piperidine rings is 1. The number of allylic oxidation sites excluding steroid dienone is 1. The van der Waals surface area contributed by atoms with Gasteiger partial charge in [0, 0.05) is 80.9 Å². The highest BCUT2D eigenvalue weighted by atomic mass is 19.4. The van der Waals surface area contributed by atoms with E-state index in [-0.39, 0.29) is 69.2 Å². The number of benzene rings is 2. The molecule has 17 nitrogen and oxygen atoms in total. The molecule has 7 rings (SSSR count). The van der Waals surface area contributed by atoms with E-state index in [1.54, 1.807) is 29.4 Å². The van der Waals surface area contributed by atoms with Crippen molar-refractivity contribution in [1.82, 2.24) is 30.7 Å². The second-order valence-electron chi connectivity index (χ2n) is 16.4. The zero-order valence-electron chi connectivity index (χ0n) is 37.2. The van der Waals surface area contributed by atoms with Crippen LogP contribution in [-0.2, 0) is 52.5 Å². The minimum absolute atomic E-state index is 0.117. The van der Waals surface area contributed by atoms with Gasteiger partial charge < -0.3 is 39.2 Å². The number of aliphatic imine (C=N–C) groups is 1. The fourth-order valence-electron chi connectivity index (χ4n) is 8.35. The first-order valence-electron chi connectivity index (χ1n) is 22.2. The summed E-state index contributed by atoms with van der Waals surface area (Å²) in [5.74, 6) is -1.55. The number of nitrogens with one attached hydrogen (secondary N) is 3. The van der Waals surface area contributed by atoms with Crippen LogP contribution in [0.2, 0.25) is 0 Å². The minimum atomic E-state index is -4.60. The van der Waals surface area contributed by atoms with Gasteiger partial charge in [-0.15, -0.1) is 0 Å². The van der Waals surface area contributed by atoms with Crippen LogP contribution in [-0.4, -0.2) is 141 Å². The highest BCUT2D eigenvalue weighted by Gasteiger charge is 2.42. The van der Waals surface area contributed by atoms with E-state index < -0.39 is 35.3 Å². The van der Waals surface area contributed by atoms with Crippen molar-refractivity contribution in [3.05, 3.63) is 99.9 Å². The minimum Gasteiger partial charge on any atom is -0.475 e. The van der Waals surface area contributed by atoms with Gasteiger partial charge in [-0.05, 0) is 78.8 Å². The predicted octanol–water partition coefficient (Wildman–Crippen LogP) is 3.70. The number of fused-ring (bicyclic) bond motifs is 1. The van der Waals surface area contributed by atoms with Crippen molar-refractivity contribution in [3.8, 4) is 5.88 Å². The van der Waals surface area contributed by atoms with Gasteiger partial charge in [0.15, 0.2) is 0 Å². The molecular formula is C47H54F3N7O10. The maximum absolute atomic E-state index is 13.5. The summed E-state index contributed by atoms with van der Waals surface area (Å²) in [6, 6.07) is 12.8. The quantitative estimate of drug-likeness (QED) is 0.104. The molecule has 4 aliphatic rings. The monoisotopic (exact) mass is 933 g/mol. The maximum atomic E-state index is 13.5. The maximum Gasteiger partial charge on any atom is 0.416 e. The summed E-state index contributed by atoms with van der Waals surface area (Å²) in [6.45, 7) is 5.77. The van der Waals surface area contributed by atoms with Crippen LogP contribution < -0.4 is 20.7 Å². The predicted molar refractivity (Wildman–Crippen MR) is 236 cm³/mol. The highest BCUT2D eigenvalue weighted by Crippen LogP contribution is 2.36. The Labute approximate surface area is 385 Å². The van der Waals surface area contributed by atoms with Crippen LogP contribution in [0.25, 0.3) is 5.57 Å². The van der Waals surface area contributed by atoms with Crippen LogP contribution in [0, 0.1) is 0 Å². The lowest BCUT2D eigenvalue weighted by Crippen LogP contribution is -2.65. The second kappa shape index (κ2) is 22.6. The Bertz CT molecular complexity index is 2340. The van der Waals surface area contributed by atoms with Gasteiger partial charge in [0.1, 0.15) is 24.9 Å². The third-order valence-electron chi connectivity index (χ3n) is 11.9. The Morgan fingerprint density at radius 3 is 2.51 bits per heavy atom. The molecule has 2 atom stereocenters. The van der Waals surface area contributed by atoms with Crippen LogP contribution in [0.5, 0.6) is 5.88 Å². The number of imide groups is 1. The number of amides is 5. The second-order valence-corrected chi connectivity index (χ2v) is 16.4. The molecule has 0 aliphatic carbocycles. The molecular weight excluding hydrogens is 880 g/mol. The number of hydrogen-bond donors (Lipinski definition) is 3. The van der Waals surface area contributed by atoms with Crippen molar-refractivity contribution < 1.29 is 60.8 Å². The van der Waals surface area contributed by atoms with Gasteiger partial charge in [-0.1, -0.05) is 18.2 Å². The Hall–Kier alpha value is -6.06. The van der Waals surface area contributed by atoms with Crippen molar-refractivity contribution >= 4 is 41.3 Å². The highest BCUT2D eigenvalue weighted by molar-refractivity contribution is 6.05. The molecule has 5 amide bonds. The van der Waals surface area contributed by atoms with E-state index in [9.17, 15) is 37.1 Å². The Morgan fingerprint density at radius 1 is 0.955 bits per heavy atom. The molecule has 20 heteroatoms. The molecule has 4 aliphatic heterocycles. The third kappa shape index (κ3) is 12.7. The van der Waals surface area contributed by atoms with E-state index in [4.69, 9.17) is 23.7 Å². The molecule has 1 aromatic heterocycles. The van der Waals surface area contributed by atoms with Crippen LogP contribution in [0.4, 0.5) is 13.2 Å². The van der Waals surface area contributed by atoms with Gasteiger partial charge in [-0.25, -0.2) is 4.98 Å². The smallest absolute Gasteiger partial charge is 0.416 e. The van der Waals surface area contributed by atoms with Crippen LogP contribution >= 0.6 is 0 Å². The molecule has 2 fully saturated rings. The Kier molecular flexibility index (Phi) is 16.5. The van der Waals surface area contributed by atoms with Crippen LogP contribution in [0.1, 0.15) is 75.6 Å². The number of nitrogens with zero attached hydrogens (tertiary/aromatic N) is 4. The zero-order chi connectivity index (χ0) is 47.4. The summed E-state index contributed by atoms with van der Waals surface area (Å²) < 4.78 is 68.3. The number of carbonyl (C=O) groups is 5. The Balaban J connectivity index is 0.754. The normalized spacial score (nSPS) is 19.9. The number of hydrogen-bond acceptors (Lipinski definition) is 13. The first kappa shape index (κ1) is 48.9. The number of rotatable bonds is 21. The molecule has 358 valence electrons. The molecule has 3 aromatic rings. The van der Waals surface area contributed by atoms with E-state index in [0.717, 1.165) is 34.4 Å². The van der Waals surface area contributed by atoms with Gasteiger partial charge in [-0.2, -0.15) is 13.2 Å². The number of aromatic nitrogens is 1. The molecule has 67 heavy (non-hydrogen) atoms. The lowest BCUT2D eigenvalue weighted by molar-refractivity contribution is -0.138. The van der Waals surface area contributed by atoms with E-state index in [0.29, 0.717) is 89.0 Å². The number of alkyl halides is 3. The van der Waals surface area contributed by atoms with Crippen molar-refractivity contribution in [2.75, 3.05) is 79.1 Å². The molecule has 0 spiro atoms. The van der Waals surface area contributed by atoms with Gasteiger partial charge in [-0.3, -0.25) is 39.2 Å². The van der Waals surface area contributed by atoms with Gasteiger partial charge in [0.05, 0.1) is 45.2 Å². The number of ether oxygens (including phenoxy) is 5. The molecule has 0 radical (unpaired) electrons. The summed E-state index contributed by atoms with van der Waals surface area (Å²) in [5.41, 5.74) is 2.57. The average Bonchev–Trinajstić information content (AvgIpc) is 3.66. The molecule has 5 heterocycles. The summed E-state index contributed by atoms with van der Waals surface area (Å²) in [6.07, 6.45) is 0.858. The lowest BCUT2D eigenvalue weighted by Gasteiger charge is -2.45. The van der Waals surface area contributed by atoms with E-state index in [1.807, 2.05) is 30.0 Å². The molecule has 3 N–H and O–H groups in total. The SMILES string of the molecule is CC1=C(c2ccc(OCCOCCOCC(=O)NCCOCCCc3cccc4c3CN(C3CCC(=O)NC3=O)C4=O)nc2)CC(NC(=O)c2cccc(C(F)(F)F)c2)(N2CCOCC2)C=N1. The lowest BCUT2D eigenvalue weighted by atomic mass is 9.90. The number of carbonyl (C=O) groups excluding carboxylic acids is 5. The largest absolute Gasteiger partial charge is 0.475 e. The van der Waals surface area contributed by atoms with Gasteiger partial charge >= 0.3 is 6.18 Å². The molecule has 0 bridgehead atoms. The first-order chi connectivity index (χ1) is 32.3. The molecule has 2 aromatic carbocycles. The zero-order valence-corrected chi connectivity index (χ0v) is 37.2. The van der Waals surface area contributed by atoms with E-state index in [2.05, 4.69) is 25.9 Å². The van der Waals surface area contributed by atoms with Gasteiger partial charge in [0.25, 0.3) is 11.8 Å². The Morgan fingerprint density at radius 2 is 1.73 bits per heavy atom. The van der Waals surface area contributed by atoms with Crippen LogP contribution in [0.15, 0.2) is 71.5 Å². The molecule has 2 unspecified atom stereocenters. The van der Waals surface area contributed by atoms with E-state index in [1.165, 1.54) is 12.1 Å². The van der Waals surface area contributed by atoms with Crippen molar-refractivity contribution in [3.63, 3.8) is 0 Å². The summed E-state index contributed by atoms with van der Waals surface area (Å²) >= 11 is 0. The molecule has 2 saturated heterocycles. The van der Waals surface area contributed by atoms with E-state index >= 15 is 0 Å². The summed E-state index contributed by atoms with van der Waals surface area (Å²) in [7, 11) is 0. The number of halogens is 3. The standard InChI is InChI=1S/C47H54F3N7O10/c1-31-37(26-46(30-53-31,56-15-19-64-20-16-56)55-43(60)33-6-2-8-35(25-33)47(48,49)50)34-10-13-42(52-27-34)67-24-23-65-21-22-66-29-41(59)51-14-18-63-17-4-7-32-5-3-9-36-38(32)28-57(45(36)62)39-11-12-40(58)54-44(39)61/h2-3,5-6,8-10,13,25,27,30,39H,4,7,11-12,14-24,26,28-29H2,1H3,(H,51,59)(H,55,60)(H,54,58,61). The summed E-state index contributed by atoms with van der Waals surface area (Å²) in [5, 5.41) is 8.06. The first-order valence-corrected chi connectivity index (χ1v) is 22.2. The van der Waals surface area contributed by atoms with Crippen molar-refractivity contribution in [2.45, 2.75) is 63.5 Å². The third-order valence-corrected chi connectivity index (χ3v) is 11.9. The number of aryl methyl sites for hydroxylation is 1. The van der Waals surface area contributed by atoms with Crippen molar-refractivity contribution in [2.24, 2.45) is 4.99 Å². The fourth-order valence-corrected chi connectivity index (χ4v) is 8.35. The molecule has 0 saturated carbocycles. The fraction of sp³-hybridized carbons (Fsp3) is 0.468.